The van der Waals surface area contributed by atoms with E-state index in [1.54, 1.807) is 0 Å². The quantitative estimate of drug-likeness (QED) is 0.0565. The number of carbonyl (C=O) groups excluding carboxylic acids is 3. The lowest BCUT2D eigenvalue weighted by molar-refractivity contribution is -0.284. The van der Waals surface area contributed by atoms with Crippen LogP contribution in [0.2, 0.25) is 0 Å². The summed E-state index contributed by atoms with van der Waals surface area (Å²) in [6.45, 7) is 4.16. The number of aliphatic hydroxyl groups is 4. The monoisotopic (exact) mass is 731 g/mol. The molecular formula is C34H61N5O10S. The summed E-state index contributed by atoms with van der Waals surface area (Å²) >= 11 is 1.29. The van der Waals surface area contributed by atoms with Crippen LogP contribution in [0.3, 0.4) is 0 Å². The second-order valence-corrected chi connectivity index (χ2v) is 14.1. The smallest absolute Gasteiger partial charge is 0.306 e. The Morgan fingerprint density at radius 2 is 1.44 bits per heavy atom. The minimum Gasteiger partial charge on any atom is -0.462 e. The molecule has 50 heavy (non-hydrogen) atoms. The van der Waals surface area contributed by atoms with Crippen LogP contribution in [0.15, 0.2) is 6.20 Å². The molecule has 288 valence electrons. The van der Waals surface area contributed by atoms with Gasteiger partial charge >= 0.3 is 11.9 Å². The molecule has 1 fully saturated rings. The average Bonchev–Trinajstić information content (AvgIpc) is 3.53. The third kappa shape index (κ3) is 17.7. The Balaban J connectivity index is 1.80. The topological polar surface area (TPSA) is 229 Å². The number of hydrogen-bond donors (Lipinski definition) is 6. The van der Waals surface area contributed by atoms with Gasteiger partial charge in [-0.15, -0.1) is 5.10 Å². The maximum absolute atomic E-state index is 12.7. The van der Waals surface area contributed by atoms with E-state index >= 15 is 0 Å². The maximum Gasteiger partial charge on any atom is 0.306 e. The van der Waals surface area contributed by atoms with Crippen LogP contribution in [0.25, 0.3) is 0 Å². The van der Waals surface area contributed by atoms with Gasteiger partial charge in [-0.1, -0.05) is 96.1 Å². The van der Waals surface area contributed by atoms with Gasteiger partial charge in [0.25, 0.3) is 0 Å². The predicted molar refractivity (Wildman–Crippen MR) is 189 cm³/mol. The summed E-state index contributed by atoms with van der Waals surface area (Å²) in [4.78, 5) is 37.8. The van der Waals surface area contributed by atoms with E-state index in [0.29, 0.717) is 12.8 Å². The highest BCUT2D eigenvalue weighted by Crippen LogP contribution is 2.21. The van der Waals surface area contributed by atoms with Gasteiger partial charge in [0.2, 0.25) is 5.91 Å². The summed E-state index contributed by atoms with van der Waals surface area (Å²) in [5, 5.41) is 49.7. The lowest BCUT2D eigenvalue weighted by atomic mass is 9.99. The van der Waals surface area contributed by atoms with Gasteiger partial charge in [-0.2, -0.15) is 11.8 Å². The third-order valence-corrected chi connectivity index (χ3v) is 9.68. The van der Waals surface area contributed by atoms with Crippen molar-refractivity contribution in [2.45, 2.75) is 166 Å². The number of nitrogens with one attached hydrogen (secondary N) is 1. The van der Waals surface area contributed by atoms with Gasteiger partial charge in [0, 0.05) is 24.3 Å². The molecule has 1 amide bonds. The summed E-state index contributed by atoms with van der Waals surface area (Å²) in [7, 11) is 0. The highest BCUT2D eigenvalue weighted by atomic mass is 32.2. The Bertz CT molecular complexity index is 1100. The van der Waals surface area contributed by atoms with Crippen molar-refractivity contribution in [3.05, 3.63) is 6.20 Å². The second-order valence-electron chi connectivity index (χ2n) is 13.0. The van der Waals surface area contributed by atoms with Crippen LogP contribution in [-0.4, -0.2) is 114 Å². The molecule has 7 atom stereocenters. The third-order valence-electron chi connectivity index (χ3n) is 8.48. The van der Waals surface area contributed by atoms with E-state index in [2.05, 4.69) is 29.5 Å². The van der Waals surface area contributed by atoms with Gasteiger partial charge in [-0.05, 0) is 12.8 Å². The van der Waals surface area contributed by atoms with Gasteiger partial charge in [0.1, 0.15) is 37.1 Å². The first-order chi connectivity index (χ1) is 24.0. The summed E-state index contributed by atoms with van der Waals surface area (Å²) in [5.41, 5.74) is 6.11. The molecule has 1 saturated heterocycles. The fourth-order valence-electron chi connectivity index (χ4n) is 5.40. The highest BCUT2D eigenvalue weighted by molar-refractivity contribution is 7.99. The number of anilines is 1. The first-order valence-electron chi connectivity index (χ1n) is 18.3. The molecule has 0 aromatic carbocycles. The molecule has 0 bridgehead atoms. The minimum absolute atomic E-state index is 0.0674. The molecule has 1 aliphatic rings. The van der Waals surface area contributed by atoms with Crippen LogP contribution in [-0.2, 0) is 35.1 Å². The minimum atomic E-state index is -1.69. The number of unbranched alkanes of at least 4 members (excludes halogenated alkanes) is 12. The molecule has 1 aromatic rings. The van der Waals surface area contributed by atoms with Crippen LogP contribution in [0, 0.1) is 0 Å². The van der Waals surface area contributed by atoms with Crippen molar-refractivity contribution in [2.75, 3.05) is 23.4 Å². The molecule has 2 rings (SSSR count). The number of nitrogens with two attached hydrogens (primary N) is 1. The molecule has 7 N–H and O–H groups in total. The fourth-order valence-corrected chi connectivity index (χ4v) is 6.37. The highest BCUT2D eigenvalue weighted by Gasteiger charge is 2.43. The molecule has 5 unspecified atom stereocenters. The largest absolute Gasteiger partial charge is 0.462 e. The van der Waals surface area contributed by atoms with Gasteiger partial charge in [0.15, 0.2) is 12.1 Å². The molecule has 16 heteroatoms. The van der Waals surface area contributed by atoms with E-state index in [1.807, 2.05) is 0 Å². The molecule has 2 heterocycles. The first kappa shape index (κ1) is 43.8. The van der Waals surface area contributed by atoms with Crippen molar-refractivity contribution >= 4 is 35.4 Å². The van der Waals surface area contributed by atoms with Crippen LogP contribution in [0.4, 0.5) is 5.82 Å². The number of aliphatic hydroxyl groups excluding tert-OH is 4. The molecule has 1 aromatic heterocycles. The lowest BCUT2D eigenvalue weighted by Gasteiger charge is -2.38. The van der Waals surface area contributed by atoms with Gasteiger partial charge in [-0.3, -0.25) is 14.4 Å². The Hall–Kier alpha value is -2.34. The van der Waals surface area contributed by atoms with E-state index in [1.165, 1.54) is 67.6 Å². The number of amides is 1. The number of nitrogens with zero attached hydrogens (tertiary/aromatic N) is 3. The van der Waals surface area contributed by atoms with Crippen molar-refractivity contribution in [2.24, 2.45) is 5.73 Å². The standard InChI is InChI=1S/C34H61N5O10S/c1-3-5-7-9-11-13-15-17-28(40)47-21-24(48-29(41)18-16-14-12-10-8-6-4-2)22-50-23-25(35)33(45)36-27-20-39(38-37-27)19-26-30(42)31(43)32(44)34(46)49-26/h20,24-26,30-32,34,42-44,46H,3-19,21-23,35H2,1-2H3,(H,36,45)/t24-,25-,26?,30?,31?,32?,34?/m1/s1. The Kier molecular flexibility index (Phi) is 22.4. The number of carbonyl (C=O) groups is 3. The maximum atomic E-state index is 12.7. The summed E-state index contributed by atoms with van der Waals surface area (Å²) in [5.74, 6) is -0.675. The molecule has 0 aliphatic carbocycles. The summed E-state index contributed by atoms with van der Waals surface area (Å²) in [6, 6.07) is -0.954. The molecule has 0 saturated carbocycles. The van der Waals surface area contributed by atoms with Crippen LogP contribution < -0.4 is 11.1 Å². The van der Waals surface area contributed by atoms with Crippen molar-refractivity contribution in [3.8, 4) is 0 Å². The van der Waals surface area contributed by atoms with Gasteiger partial charge in [0.05, 0.1) is 18.8 Å². The molecule has 1 aliphatic heterocycles. The molecule has 0 radical (unpaired) electrons. The first-order valence-corrected chi connectivity index (χ1v) is 19.5. The van der Waals surface area contributed by atoms with E-state index in [-0.39, 0.29) is 42.4 Å². The SMILES string of the molecule is CCCCCCCCCC(=O)OC[C@H](CSC[C@@H](N)C(=O)Nc1cn(CC2OC(O)C(O)C(O)C2O)nn1)OC(=O)CCCCCCCCC. The zero-order valence-electron chi connectivity index (χ0n) is 29.8. The number of esters is 2. The second kappa shape index (κ2) is 25.6. The van der Waals surface area contributed by atoms with E-state index in [4.69, 9.17) is 19.9 Å². The molecular weight excluding hydrogens is 670 g/mol. The van der Waals surface area contributed by atoms with Crippen molar-refractivity contribution in [3.63, 3.8) is 0 Å². The summed E-state index contributed by atoms with van der Waals surface area (Å²) < 4.78 is 17.5. The Labute approximate surface area is 300 Å². The van der Waals surface area contributed by atoms with Crippen LogP contribution in [0.1, 0.15) is 117 Å². The number of thioether (sulfide) groups is 1. The summed E-state index contributed by atoms with van der Waals surface area (Å²) in [6.07, 6.45) is 8.91. The van der Waals surface area contributed by atoms with Crippen molar-refractivity contribution in [1.82, 2.24) is 15.0 Å². The Morgan fingerprint density at radius 1 is 0.860 bits per heavy atom. The van der Waals surface area contributed by atoms with Gasteiger partial charge < -0.3 is 45.7 Å². The average molecular weight is 732 g/mol. The number of ether oxygens (including phenoxy) is 3. The fraction of sp³-hybridized carbons (Fsp3) is 0.853. The predicted octanol–water partition coefficient (Wildman–Crippen LogP) is 2.81. The van der Waals surface area contributed by atoms with Crippen LogP contribution >= 0.6 is 11.8 Å². The number of hydrogen-bond acceptors (Lipinski definition) is 14. The van der Waals surface area contributed by atoms with Crippen molar-refractivity contribution < 1.29 is 49.0 Å². The number of rotatable bonds is 27. The van der Waals surface area contributed by atoms with Gasteiger partial charge in [-0.25, -0.2) is 4.68 Å². The normalized spacial score (nSPS) is 21.8. The van der Waals surface area contributed by atoms with Crippen molar-refractivity contribution in [1.29, 1.82) is 0 Å². The van der Waals surface area contributed by atoms with Crippen LogP contribution in [0.5, 0.6) is 0 Å². The molecule has 15 nitrogen and oxygen atoms in total. The van der Waals surface area contributed by atoms with E-state index < -0.39 is 48.8 Å². The molecule has 0 spiro atoms. The van der Waals surface area contributed by atoms with E-state index in [9.17, 15) is 34.8 Å². The zero-order chi connectivity index (χ0) is 36.7. The zero-order valence-corrected chi connectivity index (χ0v) is 30.6. The van der Waals surface area contributed by atoms with E-state index in [0.717, 1.165) is 44.9 Å². The number of aromatic nitrogens is 3. The Morgan fingerprint density at radius 3 is 2.06 bits per heavy atom. The lowest BCUT2D eigenvalue weighted by Crippen LogP contribution is -2.58.